The summed E-state index contributed by atoms with van der Waals surface area (Å²) in [6, 6.07) is 0. The third-order valence-electron chi connectivity index (χ3n) is 4.09. The van der Waals surface area contributed by atoms with Crippen LogP contribution in [0.15, 0.2) is 0 Å². The Morgan fingerprint density at radius 3 is 2.31 bits per heavy atom. The van der Waals surface area contributed by atoms with Gasteiger partial charge in [0.2, 0.25) is 0 Å². The van der Waals surface area contributed by atoms with Crippen molar-refractivity contribution in [1.82, 2.24) is 0 Å². The van der Waals surface area contributed by atoms with Crippen molar-refractivity contribution in [2.45, 2.75) is 65.9 Å². The van der Waals surface area contributed by atoms with Crippen molar-refractivity contribution >= 4 is 0 Å². The van der Waals surface area contributed by atoms with Gasteiger partial charge in [0.15, 0.2) is 0 Å². The molecule has 1 fully saturated rings. The van der Waals surface area contributed by atoms with Gasteiger partial charge >= 0.3 is 0 Å². The maximum absolute atomic E-state index is 9.74. The highest BCUT2D eigenvalue weighted by atomic mass is 16.3. The van der Waals surface area contributed by atoms with E-state index in [9.17, 15) is 5.11 Å². The largest absolute Gasteiger partial charge is 0.393 e. The molecule has 0 aromatic carbocycles. The Morgan fingerprint density at radius 1 is 1.38 bits per heavy atom. The second-order valence-electron chi connectivity index (χ2n) is 5.63. The highest BCUT2D eigenvalue weighted by Gasteiger charge is 2.43. The molecule has 1 heteroatoms. The summed E-state index contributed by atoms with van der Waals surface area (Å²) in [6.45, 7) is 9.21. The van der Waals surface area contributed by atoms with Crippen molar-refractivity contribution in [3.8, 4) is 0 Å². The maximum atomic E-state index is 9.74. The molecule has 1 nitrogen and oxygen atoms in total. The third kappa shape index (κ3) is 2.07. The first-order valence-corrected chi connectivity index (χ1v) is 5.59. The molecule has 0 aliphatic heterocycles. The van der Waals surface area contributed by atoms with E-state index in [1.54, 1.807) is 0 Å². The average Bonchev–Trinajstić information content (AvgIpc) is 2.02. The molecule has 78 valence electrons. The zero-order valence-electron chi connectivity index (χ0n) is 9.56. The van der Waals surface area contributed by atoms with Gasteiger partial charge in [-0.15, -0.1) is 0 Å². The van der Waals surface area contributed by atoms with E-state index in [0.29, 0.717) is 10.8 Å². The molecule has 0 heterocycles. The van der Waals surface area contributed by atoms with Crippen LogP contribution in [-0.4, -0.2) is 11.2 Å². The molecule has 0 saturated heterocycles. The average molecular weight is 184 g/mol. The Kier molecular flexibility index (Phi) is 3.06. The Labute approximate surface area is 82.5 Å². The van der Waals surface area contributed by atoms with Crippen LogP contribution in [0.2, 0.25) is 0 Å². The van der Waals surface area contributed by atoms with Crippen LogP contribution in [-0.2, 0) is 0 Å². The number of hydrogen-bond donors (Lipinski definition) is 1. The van der Waals surface area contributed by atoms with E-state index in [1.807, 2.05) is 0 Å². The second-order valence-corrected chi connectivity index (χ2v) is 5.63. The van der Waals surface area contributed by atoms with Crippen LogP contribution in [0, 0.1) is 10.8 Å². The van der Waals surface area contributed by atoms with E-state index in [0.717, 1.165) is 12.8 Å². The Hall–Kier alpha value is -0.0400. The van der Waals surface area contributed by atoms with Crippen molar-refractivity contribution in [3.05, 3.63) is 0 Å². The van der Waals surface area contributed by atoms with Crippen LogP contribution in [0.5, 0.6) is 0 Å². The van der Waals surface area contributed by atoms with Crippen LogP contribution in [0.1, 0.15) is 59.8 Å². The maximum Gasteiger partial charge on any atom is 0.0545 e. The third-order valence-corrected chi connectivity index (χ3v) is 4.09. The van der Waals surface area contributed by atoms with Crippen molar-refractivity contribution in [3.63, 3.8) is 0 Å². The van der Waals surface area contributed by atoms with Gasteiger partial charge in [0.05, 0.1) is 6.10 Å². The molecule has 1 aliphatic rings. The lowest BCUT2D eigenvalue weighted by Crippen LogP contribution is -2.41. The minimum Gasteiger partial charge on any atom is -0.393 e. The summed E-state index contributed by atoms with van der Waals surface area (Å²) in [5.74, 6) is 0. The molecular formula is C12H24O. The topological polar surface area (TPSA) is 20.2 Å². The van der Waals surface area contributed by atoms with Gasteiger partial charge in [0, 0.05) is 0 Å². The molecule has 0 radical (unpaired) electrons. The Bertz CT molecular complexity index is 168. The van der Waals surface area contributed by atoms with Crippen LogP contribution >= 0.6 is 0 Å². The summed E-state index contributed by atoms with van der Waals surface area (Å²) in [5, 5.41) is 9.74. The fraction of sp³-hybridized carbons (Fsp3) is 1.00. The molecule has 2 unspecified atom stereocenters. The van der Waals surface area contributed by atoms with Gasteiger partial charge in [-0.05, 0) is 36.5 Å². The van der Waals surface area contributed by atoms with Crippen LogP contribution in [0.4, 0.5) is 0 Å². The van der Waals surface area contributed by atoms with Crippen molar-refractivity contribution in [1.29, 1.82) is 0 Å². The summed E-state index contributed by atoms with van der Waals surface area (Å²) < 4.78 is 0. The van der Waals surface area contributed by atoms with E-state index in [4.69, 9.17) is 0 Å². The summed E-state index contributed by atoms with van der Waals surface area (Å²) in [7, 11) is 0. The number of rotatable bonds is 1. The molecule has 2 atom stereocenters. The van der Waals surface area contributed by atoms with Gasteiger partial charge in [-0.3, -0.25) is 0 Å². The monoisotopic (exact) mass is 184 g/mol. The van der Waals surface area contributed by atoms with Gasteiger partial charge < -0.3 is 5.11 Å². The highest BCUT2D eigenvalue weighted by molar-refractivity contribution is 4.93. The zero-order valence-corrected chi connectivity index (χ0v) is 9.56. The van der Waals surface area contributed by atoms with Crippen molar-refractivity contribution < 1.29 is 5.11 Å². The van der Waals surface area contributed by atoms with Crippen molar-refractivity contribution in [2.24, 2.45) is 10.8 Å². The van der Waals surface area contributed by atoms with Gasteiger partial charge in [0.25, 0.3) is 0 Å². The summed E-state index contributed by atoms with van der Waals surface area (Å²) in [6.07, 6.45) is 5.67. The normalized spacial score (nSPS) is 36.2. The lowest BCUT2D eigenvalue weighted by molar-refractivity contribution is -0.0276. The van der Waals surface area contributed by atoms with Crippen molar-refractivity contribution in [2.75, 3.05) is 0 Å². The zero-order chi connectivity index (χ0) is 10.1. The lowest BCUT2D eigenvalue weighted by Gasteiger charge is -2.48. The molecule has 1 N–H and O–H groups in total. The van der Waals surface area contributed by atoms with E-state index >= 15 is 0 Å². The molecule has 0 amide bonds. The van der Waals surface area contributed by atoms with Gasteiger partial charge in [-0.1, -0.05) is 34.1 Å². The predicted molar refractivity (Wildman–Crippen MR) is 56.7 cm³/mol. The molecule has 1 saturated carbocycles. The standard InChI is InChI=1S/C12H24O/c1-5-12(11(2,3)4)8-6-7-10(13)9-12/h10,13H,5-9H2,1-4H3. The van der Waals surface area contributed by atoms with Gasteiger partial charge in [-0.2, -0.15) is 0 Å². The van der Waals surface area contributed by atoms with Crippen LogP contribution < -0.4 is 0 Å². The van der Waals surface area contributed by atoms with Gasteiger partial charge in [-0.25, -0.2) is 0 Å². The molecule has 0 spiro atoms. The highest BCUT2D eigenvalue weighted by Crippen LogP contribution is 2.51. The summed E-state index contributed by atoms with van der Waals surface area (Å²) in [5.41, 5.74) is 0.716. The minimum absolute atomic E-state index is 0.0482. The first kappa shape index (κ1) is 11.0. The molecule has 1 rings (SSSR count). The lowest BCUT2D eigenvalue weighted by atomic mass is 9.57. The minimum atomic E-state index is -0.0482. The smallest absolute Gasteiger partial charge is 0.0545 e. The molecule has 0 bridgehead atoms. The van der Waals surface area contributed by atoms with Gasteiger partial charge in [0.1, 0.15) is 0 Å². The fourth-order valence-corrected chi connectivity index (χ4v) is 2.86. The first-order chi connectivity index (χ1) is 5.91. The van der Waals surface area contributed by atoms with Crippen LogP contribution in [0.25, 0.3) is 0 Å². The van der Waals surface area contributed by atoms with Crippen LogP contribution in [0.3, 0.4) is 0 Å². The van der Waals surface area contributed by atoms with E-state index < -0.39 is 0 Å². The molecule has 0 aromatic rings. The number of aliphatic hydroxyl groups is 1. The SMILES string of the molecule is CCC1(C(C)(C)C)CCCC(O)C1. The second kappa shape index (κ2) is 3.61. The first-order valence-electron chi connectivity index (χ1n) is 5.59. The predicted octanol–water partition coefficient (Wildman–Crippen LogP) is 3.36. The summed E-state index contributed by atoms with van der Waals surface area (Å²) in [4.78, 5) is 0. The molecule has 13 heavy (non-hydrogen) atoms. The molecule has 0 aromatic heterocycles. The quantitative estimate of drug-likeness (QED) is 0.662. The Morgan fingerprint density at radius 2 is 2.00 bits per heavy atom. The van der Waals surface area contributed by atoms with E-state index in [1.165, 1.54) is 19.3 Å². The van der Waals surface area contributed by atoms with E-state index in [2.05, 4.69) is 27.7 Å². The Balaban J connectivity index is 2.79. The number of hydrogen-bond acceptors (Lipinski definition) is 1. The summed E-state index contributed by atoms with van der Waals surface area (Å²) >= 11 is 0. The number of aliphatic hydroxyl groups excluding tert-OH is 1. The molecular weight excluding hydrogens is 160 g/mol. The fourth-order valence-electron chi connectivity index (χ4n) is 2.86. The molecule has 1 aliphatic carbocycles. The van der Waals surface area contributed by atoms with E-state index in [-0.39, 0.29) is 6.10 Å².